The molecule has 2 aromatic carbocycles. The number of hydrogen-bond acceptors (Lipinski definition) is 7. The predicted octanol–water partition coefficient (Wildman–Crippen LogP) is 4.87. The minimum absolute atomic E-state index is 0.0524. The van der Waals surface area contributed by atoms with Gasteiger partial charge in [-0.05, 0) is 62.2 Å². The molecule has 0 unspecified atom stereocenters. The molecule has 1 fully saturated rings. The van der Waals surface area contributed by atoms with Crippen molar-refractivity contribution in [2.24, 2.45) is 0 Å². The molecule has 7 nitrogen and oxygen atoms in total. The van der Waals surface area contributed by atoms with Gasteiger partial charge in [0.1, 0.15) is 11.5 Å². The van der Waals surface area contributed by atoms with Gasteiger partial charge < -0.3 is 9.47 Å². The van der Waals surface area contributed by atoms with Crippen molar-refractivity contribution in [3.05, 3.63) is 89.0 Å². The van der Waals surface area contributed by atoms with E-state index in [-0.39, 0.29) is 10.8 Å². The van der Waals surface area contributed by atoms with Gasteiger partial charge in [-0.25, -0.2) is 17.8 Å². The lowest BCUT2D eigenvalue weighted by atomic mass is 9.86. The highest BCUT2D eigenvalue weighted by molar-refractivity contribution is 7.92. The number of ether oxygens (including phenoxy) is 2. The summed E-state index contributed by atoms with van der Waals surface area (Å²) >= 11 is 0. The number of methoxy groups -OCH3 is 2. The number of pyridine rings is 2. The van der Waals surface area contributed by atoms with Gasteiger partial charge in [0, 0.05) is 28.8 Å². The predicted molar refractivity (Wildman–Crippen MR) is 141 cm³/mol. The van der Waals surface area contributed by atoms with Crippen molar-refractivity contribution in [1.82, 2.24) is 9.97 Å². The fourth-order valence-electron chi connectivity index (χ4n) is 5.25. The zero-order valence-corrected chi connectivity index (χ0v) is 22.3. The highest BCUT2D eigenvalue weighted by atomic mass is 32.2. The molecule has 9 heteroatoms. The first kappa shape index (κ1) is 25.8. The minimum atomic E-state index is -4.04. The molecule has 2 aromatic heterocycles. The number of aromatic nitrogens is 2. The van der Waals surface area contributed by atoms with E-state index < -0.39 is 38.5 Å². The van der Waals surface area contributed by atoms with Gasteiger partial charge >= 0.3 is 0 Å². The fourth-order valence-corrected chi connectivity index (χ4v) is 6.80. The maximum absolute atomic E-state index is 14.6. The molecular formula is C29H27FN2O5S. The summed E-state index contributed by atoms with van der Waals surface area (Å²) < 4.78 is 52.5. The molecule has 5 rings (SSSR count). The first-order chi connectivity index (χ1) is 18.1. The lowest BCUT2D eigenvalue weighted by molar-refractivity contribution is -0.119. The molecule has 0 radical (unpaired) electrons. The van der Waals surface area contributed by atoms with Crippen LogP contribution < -0.4 is 9.47 Å². The van der Waals surface area contributed by atoms with Crippen molar-refractivity contribution < 1.29 is 27.1 Å². The highest BCUT2D eigenvalue weighted by Crippen LogP contribution is 2.63. The van der Waals surface area contributed by atoms with Crippen LogP contribution in [0.15, 0.2) is 65.7 Å². The number of carbonyl (C=O) groups is 1. The van der Waals surface area contributed by atoms with Gasteiger partial charge in [0.25, 0.3) is 0 Å². The Hall–Kier alpha value is -3.85. The maximum Gasteiger partial charge on any atom is 0.250 e. The van der Waals surface area contributed by atoms with E-state index >= 15 is 0 Å². The van der Waals surface area contributed by atoms with E-state index in [0.717, 1.165) is 11.3 Å². The summed E-state index contributed by atoms with van der Waals surface area (Å²) in [6.07, 6.45) is 1.77. The van der Waals surface area contributed by atoms with Crippen LogP contribution in [0.25, 0.3) is 10.9 Å². The number of sulfone groups is 1. The Morgan fingerprint density at radius 3 is 2.58 bits per heavy atom. The van der Waals surface area contributed by atoms with Gasteiger partial charge in [-0.1, -0.05) is 23.8 Å². The quantitative estimate of drug-likeness (QED) is 0.318. The third kappa shape index (κ3) is 4.30. The number of rotatable bonds is 8. The van der Waals surface area contributed by atoms with Gasteiger partial charge in [-0.2, -0.15) is 0 Å². The smallest absolute Gasteiger partial charge is 0.250 e. The molecule has 0 amide bonds. The zero-order valence-electron chi connectivity index (χ0n) is 21.5. The number of Topliss-reactive ketones (excluding diaryl/α,β-unsaturated/α-hetero) is 1. The second-order valence-corrected chi connectivity index (χ2v) is 11.6. The summed E-state index contributed by atoms with van der Waals surface area (Å²) in [4.78, 5) is 22.6. The number of nitrogens with zero attached hydrogens (tertiary/aromatic N) is 2. The molecule has 1 saturated carbocycles. The van der Waals surface area contributed by atoms with Crippen LogP contribution in [0, 0.1) is 19.7 Å². The first-order valence-corrected chi connectivity index (χ1v) is 13.7. The van der Waals surface area contributed by atoms with Crippen LogP contribution in [-0.4, -0.2) is 44.1 Å². The van der Waals surface area contributed by atoms with E-state index in [0.29, 0.717) is 34.2 Å². The third-order valence-electron chi connectivity index (χ3n) is 7.21. The number of aryl methyl sites for hydroxylation is 2. The van der Waals surface area contributed by atoms with E-state index in [1.165, 1.54) is 32.5 Å². The molecule has 1 aliphatic rings. The number of halogens is 1. The Kier molecular flexibility index (Phi) is 6.43. The Morgan fingerprint density at radius 2 is 1.87 bits per heavy atom. The van der Waals surface area contributed by atoms with E-state index in [1.807, 2.05) is 26.0 Å². The van der Waals surface area contributed by atoms with E-state index in [4.69, 9.17) is 9.47 Å². The number of ketones is 1. The van der Waals surface area contributed by atoms with Crippen molar-refractivity contribution in [3.63, 3.8) is 0 Å². The van der Waals surface area contributed by atoms with Crippen LogP contribution in [-0.2, 0) is 20.0 Å². The summed E-state index contributed by atoms with van der Waals surface area (Å²) in [5.74, 6) is -2.02. The molecule has 196 valence electrons. The second kappa shape index (κ2) is 9.47. The monoisotopic (exact) mass is 534 g/mol. The highest BCUT2D eigenvalue weighted by Gasteiger charge is 2.63. The molecule has 1 aliphatic carbocycles. The van der Waals surface area contributed by atoms with Crippen molar-refractivity contribution in [1.29, 1.82) is 0 Å². The molecular weight excluding hydrogens is 507 g/mol. The Bertz CT molecular complexity index is 1690. The van der Waals surface area contributed by atoms with Crippen LogP contribution in [0.5, 0.6) is 11.6 Å². The lowest BCUT2D eigenvalue weighted by Gasteiger charge is -2.21. The van der Waals surface area contributed by atoms with Gasteiger partial charge in [0.15, 0.2) is 21.4 Å². The van der Waals surface area contributed by atoms with Crippen LogP contribution >= 0.6 is 0 Å². The van der Waals surface area contributed by atoms with E-state index in [9.17, 15) is 17.6 Å². The Labute approximate surface area is 220 Å². The summed E-state index contributed by atoms with van der Waals surface area (Å²) in [6, 6.07) is 15.0. The molecule has 4 aromatic rings. The number of carbonyl (C=O) groups excluding carboxylic acids is 1. The number of hydrogen-bond donors (Lipinski definition) is 0. The molecule has 0 saturated heterocycles. The Morgan fingerprint density at radius 1 is 1.08 bits per heavy atom. The molecule has 38 heavy (non-hydrogen) atoms. The topological polar surface area (TPSA) is 95.5 Å². The summed E-state index contributed by atoms with van der Waals surface area (Å²) in [5.41, 5.74) is 2.04. The number of fused-ring (bicyclic) bond motifs is 1. The van der Waals surface area contributed by atoms with Crippen molar-refractivity contribution in [3.8, 4) is 11.6 Å². The average molecular weight is 535 g/mol. The third-order valence-corrected chi connectivity index (χ3v) is 8.87. The van der Waals surface area contributed by atoms with Crippen LogP contribution in [0.4, 0.5) is 4.39 Å². The lowest BCUT2D eigenvalue weighted by Crippen LogP contribution is -2.30. The van der Waals surface area contributed by atoms with Gasteiger partial charge in [-0.15, -0.1) is 0 Å². The molecule has 0 N–H and O–H groups in total. The molecule has 2 atom stereocenters. The van der Waals surface area contributed by atoms with Crippen molar-refractivity contribution >= 4 is 26.5 Å². The molecule has 0 bridgehead atoms. The van der Waals surface area contributed by atoms with E-state index in [1.54, 1.807) is 30.3 Å². The minimum Gasteiger partial charge on any atom is -0.496 e. The van der Waals surface area contributed by atoms with Gasteiger partial charge in [0.05, 0.1) is 30.0 Å². The summed E-state index contributed by atoms with van der Waals surface area (Å²) in [6.45, 7) is 3.71. The Balaban J connectivity index is 1.60. The number of benzene rings is 2. The summed E-state index contributed by atoms with van der Waals surface area (Å²) in [7, 11) is -1.22. The van der Waals surface area contributed by atoms with Crippen molar-refractivity contribution in [2.75, 3.05) is 20.0 Å². The second-order valence-electron chi connectivity index (χ2n) is 9.65. The van der Waals surface area contributed by atoms with Crippen LogP contribution in [0.2, 0.25) is 0 Å². The normalized spacial score (nSPS) is 18.8. The average Bonchev–Trinajstić information content (AvgIpc) is 3.65. The maximum atomic E-state index is 14.6. The molecule has 0 spiro atoms. The first-order valence-electron chi connectivity index (χ1n) is 12.1. The molecule has 2 heterocycles. The van der Waals surface area contributed by atoms with E-state index in [2.05, 4.69) is 9.97 Å². The van der Waals surface area contributed by atoms with Crippen molar-refractivity contribution in [2.45, 2.75) is 36.5 Å². The SMILES string of the molecule is COc1ccc(C)cc1[C@]1(C(=O)CS(=O)(=O)c2cccc3nc(C)ccc23)C[C@@H]1c1cnc(OC)c(F)c1. The largest absolute Gasteiger partial charge is 0.496 e. The fraction of sp³-hybridized carbons (Fsp3) is 0.276. The summed E-state index contributed by atoms with van der Waals surface area (Å²) in [5, 5.41) is 0.460. The van der Waals surface area contributed by atoms with Gasteiger partial charge in [-0.3, -0.25) is 9.78 Å². The van der Waals surface area contributed by atoms with Crippen LogP contribution in [0.3, 0.4) is 0 Å². The van der Waals surface area contributed by atoms with Crippen LogP contribution in [0.1, 0.15) is 34.7 Å². The molecule has 0 aliphatic heterocycles. The standard InChI is InChI=1S/C29H27FN2O5S/c1-17-8-11-25(36-3)21(12-17)29(14-22(29)19-13-23(30)28(37-4)31-15-19)27(33)16-38(34,35)26-7-5-6-24-20(26)10-9-18(2)32-24/h5-13,15,22H,14,16H2,1-4H3/t22-,29-/m1/s1. The zero-order chi connectivity index (χ0) is 27.2. The van der Waals surface area contributed by atoms with Gasteiger partial charge in [0.2, 0.25) is 5.88 Å².